The van der Waals surface area contributed by atoms with Crippen molar-refractivity contribution in [3.63, 3.8) is 0 Å². The molecule has 0 bridgehead atoms. The maximum atomic E-state index is 10.7. The maximum Gasteiger partial charge on any atom is 0.133 e. The number of methoxy groups -OCH3 is 1. The molecule has 122 valence electrons. The van der Waals surface area contributed by atoms with E-state index in [1.54, 1.807) is 18.9 Å². The second-order valence-corrected chi connectivity index (χ2v) is 7.59. The van der Waals surface area contributed by atoms with Crippen molar-refractivity contribution in [1.82, 2.24) is 0 Å². The van der Waals surface area contributed by atoms with E-state index in [-0.39, 0.29) is 5.41 Å². The van der Waals surface area contributed by atoms with Crippen LogP contribution in [-0.4, -0.2) is 18.5 Å². The number of ether oxygens (including phenoxy) is 1. The lowest BCUT2D eigenvalue weighted by atomic mass is 9.82. The van der Waals surface area contributed by atoms with Gasteiger partial charge in [0.25, 0.3) is 0 Å². The minimum absolute atomic E-state index is 0.122. The largest absolute Gasteiger partial charge is 0.507 e. The molecule has 0 fully saturated rings. The molecule has 0 radical (unpaired) electrons. The number of hydrogen-bond donors (Lipinski definition) is 1. The van der Waals surface area contributed by atoms with Crippen LogP contribution in [-0.2, 0) is 5.41 Å². The normalized spacial score (nSPS) is 14.5. The molecule has 0 atom stereocenters. The van der Waals surface area contributed by atoms with Gasteiger partial charge in [-0.1, -0.05) is 38.1 Å². The van der Waals surface area contributed by atoms with E-state index in [0.717, 1.165) is 21.4 Å². The van der Waals surface area contributed by atoms with Crippen molar-refractivity contribution in [3.8, 4) is 22.6 Å². The van der Waals surface area contributed by atoms with Gasteiger partial charge < -0.3 is 9.84 Å². The van der Waals surface area contributed by atoms with Crippen molar-refractivity contribution in [2.75, 3.05) is 13.4 Å². The Hall–Kier alpha value is -2.13. The first-order valence-electron chi connectivity index (χ1n) is 8.01. The zero-order chi connectivity index (χ0) is 17.1. The minimum atomic E-state index is -0.122. The molecule has 2 nitrogen and oxygen atoms in total. The van der Waals surface area contributed by atoms with E-state index in [9.17, 15) is 5.11 Å². The van der Waals surface area contributed by atoms with Crippen LogP contribution in [0, 0.1) is 0 Å². The van der Waals surface area contributed by atoms with E-state index in [0.29, 0.717) is 5.75 Å². The molecule has 0 saturated carbocycles. The van der Waals surface area contributed by atoms with Gasteiger partial charge in [-0.2, -0.15) is 0 Å². The summed E-state index contributed by atoms with van der Waals surface area (Å²) >= 11 is 1.63. The molecule has 1 N–H and O–H groups in total. The maximum absolute atomic E-state index is 10.7. The molecule has 4 rings (SSSR count). The van der Waals surface area contributed by atoms with E-state index < -0.39 is 0 Å². The van der Waals surface area contributed by atoms with Gasteiger partial charge in [-0.15, -0.1) is 11.8 Å². The number of thioether (sulfide) groups is 1. The summed E-state index contributed by atoms with van der Waals surface area (Å²) in [5.41, 5.74) is 4.83. The van der Waals surface area contributed by atoms with Gasteiger partial charge in [-0.05, 0) is 52.1 Å². The Bertz CT molecular complexity index is 973. The fourth-order valence-corrected chi connectivity index (χ4v) is 4.48. The van der Waals surface area contributed by atoms with Gasteiger partial charge in [0.1, 0.15) is 11.5 Å². The highest BCUT2D eigenvalue weighted by Crippen LogP contribution is 2.53. The van der Waals surface area contributed by atoms with Crippen molar-refractivity contribution in [3.05, 3.63) is 53.6 Å². The number of phenols is 1. The molecule has 0 heterocycles. The first-order valence-corrected chi connectivity index (χ1v) is 9.23. The fraction of sp³-hybridized carbons (Fsp3) is 0.238. The Morgan fingerprint density at radius 1 is 1.00 bits per heavy atom. The highest BCUT2D eigenvalue weighted by Gasteiger charge is 2.37. The second-order valence-electron chi connectivity index (χ2n) is 6.74. The Morgan fingerprint density at radius 2 is 1.75 bits per heavy atom. The molecule has 3 aromatic carbocycles. The summed E-state index contributed by atoms with van der Waals surface area (Å²) in [5.74, 6) is 1.19. The van der Waals surface area contributed by atoms with E-state index >= 15 is 0 Å². The number of rotatable bonds is 2. The predicted octanol–water partition coefficient (Wildman–Crippen LogP) is 5.58. The van der Waals surface area contributed by atoms with Crippen LogP contribution in [0.2, 0.25) is 0 Å². The molecule has 1 aliphatic rings. The van der Waals surface area contributed by atoms with Gasteiger partial charge in [-0.3, -0.25) is 0 Å². The zero-order valence-corrected chi connectivity index (χ0v) is 15.1. The van der Waals surface area contributed by atoms with Crippen molar-refractivity contribution in [1.29, 1.82) is 0 Å². The minimum Gasteiger partial charge on any atom is -0.507 e. The van der Waals surface area contributed by atoms with Gasteiger partial charge in [0.15, 0.2) is 0 Å². The predicted molar refractivity (Wildman–Crippen MR) is 102 cm³/mol. The molecule has 0 spiro atoms. The quantitative estimate of drug-likeness (QED) is 0.619. The monoisotopic (exact) mass is 336 g/mol. The first-order chi connectivity index (χ1) is 11.5. The molecule has 3 aromatic rings. The summed E-state index contributed by atoms with van der Waals surface area (Å²) in [4.78, 5) is 1.03. The third-order valence-corrected chi connectivity index (χ3v) is 5.92. The van der Waals surface area contributed by atoms with Crippen LogP contribution in [0.5, 0.6) is 11.5 Å². The molecule has 0 amide bonds. The van der Waals surface area contributed by atoms with Crippen molar-refractivity contribution < 1.29 is 9.84 Å². The topological polar surface area (TPSA) is 29.5 Å². The third kappa shape index (κ3) is 1.91. The summed E-state index contributed by atoms with van der Waals surface area (Å²) in [6.45, 7) is 4.44. The summed E-state index contributed by atoms with van der Waals surface area (Å²) in [5, 5.41) is 12.6. The molecule has 0 unspecified atom stereocenters. The van der Waals surface area contributed by atoms with Crippen LogP contribution in [0.3, 0.4) is 0 Å². The number of hydrogen-bond acceptors (Lipinski definition) is 3. The van der Waals surface area contributed by atoms with Gasteiger partial charge in [0, 0.05) is 15.7 Å². The highest BCUT2D eigenvalue weighted by atomic mass is 32.2. The van der Waals surface area contributed by atoms with Crippen LogP contribution < -0.4 is 4.74 Å². The lowest BCUT2D eigenvalue weighted by Gasteiger charge is -2.22. The van der Waals surface area contributed by atoms with Gasteiger partial charge >= 0.3 is 0 Å². The lowest BCUT2D eigenvalue weighted by molar-refractivity contribution is 0.405. The Balaban J connectivity index is 2.18. The standard InChI is InChI=1S/C21H20O2S/c1-21(2)15-8-6-5-7-12(15)20-14-9-18(23-3)19(24-4)10-13(14)17(22)11-16(20)21/h5-11,22H,1-4H3. The summed E-state index contributed by atoms with van der Waals surface area (Å²) in [6.07, 6.45) is 2.02. The van der Waals surface area contributed by atoms with Gasteiger partial charge in [0.2, 0.25) is 0 Å². The summed E-state index contributed by atoms with van der Waals surface area (Å²) in [6, 6.07) is 14.6. The van der Waals surface area contributed by atoms with Crippen LogP contribution in [0.1, 0.15) is 25.0 Å². The fourth-order valence-electron chi connectivity index (χ4n) is 3.90. The summed E-state index contributed by atoms with van der Waals surface area (Å²) < 4.78 is 5.58. The number of phenolic OH excluding ortho intramolecular Hbond substituents is 1. The zero-order valence-electron chi connectivity index (χ0n) is 14.3. The third-order valence-electron chi connectivity index (χ3n) is 5.16. The Kier molecular flexibility index (Phi) is 3.33. The molecule has 0 saturated heterocycles. The SMILES string of the molecule is COc1cc2c3c(cc(O)c2cc1SC)C(C)(C)c1ccccc1-3. The average Bonchev–Trinajstić information content (AvgIpc) is 2.82. The van der Waals surface area contributed by atoms with E-state index in [4.69, 9.17) is 4.74 Å². The van der Waals surface area contributed by atoms with E-state index in [1.807, 2.05) is 18.4 Å². The number of benzene rings is 3. The average molecular weight is 336 g/mol. The van der Waals surface area contributed by atoms with Crippen LogP contribution in [0.25, 0.3) is 21.9 Å². The van der Waals surface area contributed by atoms with E-state index in [1.165, 1.54) is 22.3 Å². The number of aromatic hydroxyl groups is 1. The van der Waals surface area contributed by atoms with E-state index in [2.05, 4.69) is 44.2 Å². The molecule has 3 heteroatoms. The highest BCUT2D eigenvalue weighted by molar-refractivity contribution is 7.98. The van der Waals surface area contributed by atoms with Crippen molar-refractivity contribution in [2.45, 2.75) is 24.2 Å². The smallest absolute Gasteiger partial charge is 0.133 e. The van der Waals surface area contributed by atoms with Gasteiger partial charge in [-0.25, -0.2) is 0 Å². The van der Waals surface area contributed by atoms with Gasteiger partial charge in [0.05, 0.1) is 7.11 Å². The summed E-state index contributed by atoms with van der Waals surface area (Å²) in [7, 11) is 1.70. The first kappa shape index (κ1) is 15.4. The molecule has 1 aliphatic carbocycles. The molecule has 24 heavy (non-hydrogen) atoms. The number of fused-ring (bicyclic) bond motifs is 5. The Labute approximate surface area is 146 Å². The van der Waals surface area contributed by atoms with Crippen LogP contribution in [0.15, 0.2) is 47.4 Å². The van der Waals surface area contributed by atoms with Crippen molar-refractivity contribution in [2.24, 2.45) is 0 Å². The molecule has 0 aliphatic heterocycles. The second kappa shape index (κ2) is 5.18. The molecular weight excluding hydrogens is 316 g/mol. The van der Waals surface area contributed by atoms with Crippen LogP contribution >= 0.6 is 11.8 Å². The molecular formula is C21H20O2S. The van der Waals surface area contributed by atoms with Crippen LogP contribution in [0.4, 0.5) is 0 Å². The lowest BCUT2D eigenvalue weighted by Crippen LogP contribution is -2.14. The molecule has 0 aromatic heterocycles. The Morgan fingerprint density at radius 3 is 2.46 bits per heavy atom. The van der Waals surface area contributed by atoms with Crippen molar-refractivity contribution >= 4 is 22.5 Å².